The van der Waals surface area contributed by atoms with Gasteiger partial charge in [-0.05, 0) is 17.4 Å². The summed E-state index contributed by atoms with van der Waals surface area (Å²) in [5.74, 6) is 0.319. The third kappa shape index (κ3) is 2.72. The molecule has 0 aliphatic carbocycles. The molecule has 0 saturated heterocycles. The van der Waals surface area contributed by atoms with Crippen LogP contribution in [0.3, 0.4) is 0 Å². The highest BCUT2D eigenvalue weighted by atomic mass is 32.1. The molecule has 9 nitrogen and oxygen atoms in total. The van der Waals surface area contributed by atoms with Gasteiger partial charge in [-0.3, -0.25) is 0 Å². The maximum atomic E-state index is 12.0. The third-order valence-corrected chi connectivity index (χ3v) is 4.07. The van der Waals surface area contributed by atoms with Crippen molar-refractivity contribution in [2.24, 2.45) is 7.05 Å². The van der Waals surface area contributed by atoms with Crippen molar-refractivity contribution in [2.75, 3.05) is 6.61 Å². The fourth-order valence-electron chi connectivity index (χ4n) is 1.65. The van der Waals surface area contributed by atoms with Gasteiger partial charge in [0.2, 0.25) is 5.06 Å². The maximum absolute atomic E-state index is 12.0. The van der Waals surface area contributed by atoms with Crippen molar-refractivity contribution < 1.29 is 10.8 Å². The number of aromatic nitrogens is 6. The van der Waals surface area contributed by atoms with E-state index in [1.165, 1.54) is 18.4 Å². The Labute approximate surface area is 134 Å². The van der Waals surface area contributed by atoms with E-state index in [0.717, 1.165) is 20.9 Å². The van der Waals surface area contributed by atoms with Crippen molar-refractivity contribution in [1.82, 2.24) is 29.1 Å². The van der Waals surface area contributed by atoms with Crippen molar-refractivity contribution in [3.05, 3.63) is 27.6 Å². The van der Waals surface area contributed by atoms with Crippen molar-refractivity contribution in [2.45, 2.75) is 13.5 Å². The monoisotopic (exact) mass is 342 g/mol. The van der Waals surface area contributed by atoms with Crippen LogP contribution in [0.1, 0.15) is 13.9 Å². The Morgan fingerprint density at radius 2 is 2.27 bits per heavy atom. The van der Waals surface area contributed by atoms with Crippen LogP contribution in [-0.4, -0.2) is 35.8 Å². The molecule has 3 heterocycles. The van der Waals surface area contributed by atoms with E-state index >= 15 is 0 Å². The maximum Gasteiger partial charge on any atom is 0.369 e. The summed E-state index contributed by atoms with van der Waals surface area (Å²) in [7, 11) is 1.50. The van der Waals surface area contributed by atoms with E-state index in [1.54, 1.807) is 5.38 Å². The predicted octanol–water partition coefficient (Wildman–Crippen LogP) is 0.857. The Bertz CT molecular complexity index is 869. The van der Waals surface area contributed by atoms with Gasteiger partial charge in [0, 0.05) is 30.1 Å². The topological polar surface area (TPSA) is 97.0 Å². The molecule has 11 heteroatoms. The van der Waals surface area contributed by atoms with Crippen LogP contribution in [-0.2, 0) is 13.7 Å². The molecule has 0 amide bonds. The predicted molar refractivity (Wildman–Crippen MR) is 79.9 cm³/mol. The summed E-state index contributed by atoms with van der Waals surface area (Å²) in [4.78, 5) is 15.9. The van der Waals surface area contributed by atoms with Gasteiger partial charge in [0.05, 0.1) is 13.5 Å². The van der Waals surface area contributed by atoms with Gasteiger partial charge in [-0.1, -0.05) is 11.3 Å². The summed E-state index contributed by atoms with van der Waals surface area (Å²) in [6, 6.07) is 0. The lowest BCUT2D eigenvalue weighted by Gasteiger charge is -2.06. The molecule has 3 aromatic rings. The average Bonchev–Trinajstić information content (AvgIpc) is 3.20. The molecule has 22 heavy (non-hydrogen) atoms. The molecule has 3 rings (SSSR count). The normalized spacial score (nSPS) is 11.5. The van der Waals surface area contributed by atoms with Crippen LogP contribution in [0.25, 0.3) is 5.82 Å². The summed E-state index contributed by atoms with van der Waals surface area (Å²) >= 11 is 2.33. The van der Waals surface area contributed by atoms with Crippen molar-refractivity contribution in [3.8, 4) is 16.1 Å². The highest BCUT2D eigenvalue weighted by Crippen LogP contribution is 2.30. The molecule has 0 saturated carbocycles. The van der Waals surface area contributed by atoms with Gasteiger partial charge in [-0.15, -0.1) is 4.68 Å². The van der Waals surface area contributed by atoms with Crippen LogP contribution in [0.15, 0.2) is 16.3 Å². The fraction of sp³-hybridized carbons (Fsp3) is 0.364. The highest BCUT2D eigenvalue weighted by Gasteiger charge is 2.21. The van der Waals surface area contributed by atoms with Crippen LogP contribution in [0.5, 0.6) is 10.3 Å². The lowest BCUT2D eigenvalue weighted by atomic mass is 10.3. The van der Waals surface area contributed by atoms with E-state index in [-0.39, 0.29) is 12.8 Å². The Kier molecular flexibility index (Phi) is 3.80. The second kappa shape index (κ2) is 6.23. The first-order valence-corrected chi connectivity index (χ1v) is 7.91. The first-order chi connectivity index (χ1) is 11.1. The molecule has 0 radical (unpaired) electrons. The Morgan fingerprint density at radius 3 is 2.91 bits per heavy atom. The smallest absolute Gasteiger partial charge is 0.369 e. The minimum atomic E-state index is -0.415. The van der Waals surface area contributed by atoms with E-state index in [1.807, 2.05) is 6.92 Å². The molecule has 0 N–H and O–H groups in total. The van der Waals surface area contributed by atoms with E-state index in [2.05, 4.69) is 19.8 Å². The summed E-state index contributed by atoms with van der Waals surface area (Å²) in [5.41, 5.74) is 0.170. The van der Waals surface area contributed by atoms with Crippen LogP contribution in [0, 0.1) is 0 Å². The van der Waals surface area contributed by atoms with E-state index in [0.29, 0.717) is 28.2 Å². The van der Waals surface area contributed by atoms with Crippen LogP contribution < -0.4 is 15.2 Å². The van der Waals surface area contributed by atoms with Gasteiger partial charge in [0.1, 0.15) is 6.61 Å². The van der Waals surface area contributed by atoms with Gasteiger partial charge in [0.25, 0.3) is 5.19 Å². The largest absolute Gasteiger partial charge is 0.483 e. The van der Waals surface area contributed by atoms with E-state index in [4.69, 9.17) is 10.8 Å². The lowest BCUT2D eigenvalue weighted by molar-refractivity contribution is 0.288. The molecule has 0 atom stereocenters. The lowest BCUT2D eigenvalue weighted by Crippen LogP contribution is -2.23. The standard InChI is InChI=1S/C11H12N6O3S2/c1-3-19-9-7(6-20-10-12-4-5-21-10)8(13-22-9)17-11(18)16(2)14-15-17/h4-5H,3,6H2,1-2H3/i4T. The fourth-order valence-corrected chi connectivity index (χ4v) is 2.88. The van der Waals surface area contributed by atoms with Gasteiger partial charge < -0.3 is 9.47 Å². The van der Waals surface area contributed by atoms with Gasteiger partial charge in [-0.2, -0.15) is 9.06 Å². The Morgan fingerprint density at radius 1 is 1.41 bits per heavy atom. The van der Waals surface area contributed by atoms with Crippen LogP contribution in [0.2, 0.25) is 0 Å². The molecule has 0 bridgehead atoms. The van der Waals surface area contributed by atoms with Gasteiger partial charge in [-0.25, -0.2) is 9.78 Å². The molecular formula is C11H12N6O3S2. The number of aryl methyl sites for hydroxylation is 1. The number of nitrogens with zero attached hydrogens (tertiary/aromatic N) is 6. The first-order valence-electron chi connectivity index (χ1n) is 6.75. The number of hydrogen-bond donors (Lipinski definition) is 0. The van der Waals surface area contributed by atoms with Crippen LogP contribution in [0.4, 0.5) is 0 Å². The number of thiazole rings is 1. The van der Waals surface area contributed by atoms with Crippen LogP contribution >= 0.6 is 22.9 Å². The molecule has 116 valence electrons. The Hall–Kier alpha value is -2.27. The van der Waals surface area contributed by atoms with Gasteiger partial charge >= 0.3 is 5.69 Å². The molecule has 0 aliphatic rings. The molecular weight excluding hydrogens is 328 g/mol. The zero-order chi connectivity index (χ0) is 16.4. The number of rotatable bonds is 6. The number of ether oxygens (including phenoxy) is 2. The molecule has 3 aromatic heterocycles. The highest BCUT2D eigenvalue weighted by molar-refractivity contribution is 7.11. The second-order valence-corrected chi connectivity index (χ2v) is 5.59. The molecule has 0 unspecified atom stereocenters. The zero-order valence-electron chi connectivity index (χ0n) is 12.7. The average molecular weight is 342 g/mol. The first kappa shape index (κ1) is 13.4. The number of hydrogen-bond acceptors (Lipinski definition) is 9. The molecule has 0 aliphatic heterocycles. The van der Waals surface area contributed by atoms with Crippen molar-refractivity contribution in [3.63, 3.8) is 0 Å². The molecule has 0 spiro atoms. The van der Waals surface area contributed by atoms with Crippen molar-refractivity contribution in [1.29, 1.82) is 0 Å². The quantitative estimate of drug-likeness (QED) is 0.655. The van der Waals surface area contributed by atoms with Gasteiger partial charge in [0.15, 0.2) is 5.82 Å². The van der Waals surface area contributed by atoms with Crippen molar-refractivity contribution >= 4 is 22.9 Å². The third-order valence-electron chi connectivity index (χ3n) is 2.64. The molecule has 0 fully saturated rings. The summed E-state index contributed by atoms with van der Waals surface area (Å²) in [5, 5.41) is 9.94. The van der Waals surface area contributed by atoms with E-state index < -0.39 is 5.69 Å². The molecule has 0 aromatic carbocycles. The minimum Gasteiger partial charge on any atom is -0.483 e. The number of tetrazole rings is 1. The summed E-state index contributed by atoms with van der Waals surface area (Å²) in [6.45, 7) is 2.40. The zero-order valence-corrected chi connectivity index (χ0v) is 13.3. The SMILES string of the molecule is [3H]c1csc(OCc2c(-n3nnn(C)c3=O)nsc2OCC)n1. The van der Waals surface area contributed by atoms with E-state index in [9.17, 15) is 4.79 Å². The minimum absolute atomic E-state index is 0.0944. The Balaban J connectivity index is 1.94. The second-order valence-electron chi connectivity index (χ2n) is 4.03. The summed E-state index contributed by atoms with van der Waals surface area (Å²) in [6.07, 6.45) is 0.142. The summed E-state index contributed by atoms with van der Waals surface area (Å²) < 4.78 is 24.9.